The minimum Gasteiger partial charge on any atom is -0.352 e. The van der Waals surface area contributed by atoms with Crippen molar-refractivity contribution in [1.82, 2.24) is 19.7 Å². The van der Waals surface area contributed by atoms with Crippen LogP contribution in [-0.4, -0.2) is 40.5 Å². The number of nitrogens with one attached hydrogen (secondary N) is 1. The molecule has 0 unspecified atom stereocenters. The maximum atomic E-state index is 4.75. The Morgan fingerprint density at radius 2 is 2.20 bits per heavy atom. The summed E-state index contributed by atoms with van der Waals surface area (Å²) in [4.78, 5) is 11.5. The van der Waals surface area contributed by atoms with E-state index in [1.807, 2.05) is 7.05 Å². The van der Waals surface area contributed by atoms with Gasteiger partial charge in [0.15, 0.2) is 11.5 Å². The third-order valence-corrected chi connectivity index (χ3v) is 4.29. The molecule has 0 aromatic carbocycles. The summed E-state index contributed by atoms with van der Waals surface area (Å²) in [6.45, 7) is 1.98. The summed E-state index contributed by atoms with van der Waals surface area (Å²) in [5.74, 6) is 1.02. The molecular weight excluding hydrogens is 318 g/mol. The number of pyridine rings is 1. The number of hydrogen-bond acceptors (Lipinski definition) is 4. The third kappa shape index (κ3) is 1.72. The highest BCUT2D eigenvalue weighted by Crippen LogP contribution is 2.28. The molecule has 5 nitrogen and oxygen atoms in total. The van der Waals surface area contributed by atoms with E-state index >= 15 is 0 Å². The van der Waals surface area contributed by atoms with Crippen LogP contribution in [0.2, 0.25) is 0 Å². The number of likely N-dealkylation sites (N-methyl/N-ethyl adjacent to an activating group) is 1. The highest BCUT2D eigenvalue weighted by atomic mass is 79.9. The lowest BCUT2D eigenvalue weighted by atomic mass is 10.1. The van der Waals surface area contributed by atoms with Crippen molar-refractivity contribution < 1.29 is 0 Å². The Balaban J connectivity index is 1.91. The van der Waals surface area contributed by atoms with Crippen molar-refractivity contribution in [2.45, 2.75) is 6.04 Å². The number of rotatable bonds is 2. The summed E-state index contributed by atoms with van der Waals surface area (Å²) in [6.07, 6.45) is 3.85. The Labute approximate surface area is 124 Å². The minimum absolute atomic E-state index is 0.556. The van der Waals surface area contributed by atoms with Crippen LogP contribution in [-0.2, 0) is 0 Å². The van der Waals surface area contributed by atoms with Crippen molar-refractivity contribution in [3.05, 3.63) is 35.1 Å². The highest BCUT2D eigenvalue weighted by Gasteiger charge is 2.28. The number of fused-ring (bicyclic) bond motifs is 3. The van der Waals surface area contributed by atoms with Crippen LogP contribution in [0.1, 0.15) is 0 Å². The molecule has 1 aliphatic heterocycles. The van der Waals surface area contributed by atoms with Crippen LogP contribution in [0.3, 0.4) is 0 Å². The SMILES string of the molecule is CNC1CN(c2nc3ncc(Br)cc3n3cccc23)C1. The first-order valence-electron chi connectivity index (χ1n) is 6.61. The quantitative estimate of drug-likeness (QED) is 0.780. The van der Waals surface area contributed by atoms with Gasteiger partial charge in [-0.1, -0.05) is 0 Å². The van der Waals surface area contributed by atoms with Crippen LogP contribution in [0.25, 0.3) is 16.7 Å². The second-order valence-electron chi connectivity index (χ2n) is 5.09. The molecule has 1 N–H and O–H groups in total. The number of halogens is 1. The van der Waals surface area contributed by atoms with Gasteiger partial charge in [-0.15, -0.1) is 0 Å². The standard InChI is InChI=1S/C14H14BrN5/c1-16-10-7-19(8-10)14-11-3-2-4-20(11)12-5-9(15)6-17-13(12)18-14/h2-6,10,16H,7-8H2,1H3. The zero-order valence-corrected chi connectivity index (χ0v) is 12.6. The fraction of sp³-hybridized carbons (Fsp3) is 0.286. The molecule has 0 atom stereocenters. The van der Waals surface area contributed by atoms with E-state index in [1.54, 1.807) is 6.20 Å². The van der Waals surface area contributed by atoms with E-state index in [-0.39, 0.29) is 0 Å². The normalized spacial score (nSPS) is 16.0. The van der Waals surface area contributed by atoms with Gasteiger partial charge < -0.3 is 14.6 Å². The largest absolute Gasteiger partial charge is 0.352 e. The Hall–Kier alpha value is -1.66. The molecule has 0 radical (unpaired) electrons. The minimum atomic E-state index is 0.556. The van der Waals surface area contributed by atoms with E-state index in [0.717, 1.165) is 40.1 Å². The van der Waals surface area contributed by atoms with Gasteiger partial charge in [0.05, 0.1) is 11.0 Å². The average Bonchev–Trinajstić information content (AvgIpc) is 2.87. The Morgan fingerprint density at radius 1 is 1.35 bits per heavy atom. The van der Waals surface area contributed by atoms with E-state index in [9.17, 15) is 0 Å². The molecule has 0 amide bonds. The topological polar surface area (TPSA) is 45.5 Å². The van der Waals surface area contributed by atoms with Crippen LogP contribution < -0.4 is 10.2 Å². The fourth-order valence-electron chi connectivity index (χ4n) is 2.68. The van der Waals surface area contributed by atoms with Crippen LogP contribution in [0, 0.1) is 0 Å². The lowest BCUT2D eigenvalue weighted by molar-refractivity contribution is 0.448. The summed E-state index contributed by atoms with van der Waals surface area (Å²) in [5, 5.41) is 3.29. The molecule has 102 valence electrons. The lowest BCUT2D eigenvalue weighted by Crippen LogP contribution is -2.57. The van der Waals surface area contributed by atoms with Gasteiger partial charge in [0, 0.05) is 36.0 Å². The summed E-state index contributed by atoms with van der Waals surface area (Å²) in [5.41, 5.74) is 2.93. The molecule has 0 spiro atoms. The Kier molecular flexibility index (Phi) is 2.68. The number of nitrogens with zero attached hydrogens (tertiary/aromatic N) is 4. The highest BCUT2D eigenvalue weighted by molar-refractivity contribution is 9.10. The number of hydrogen-bond donors (Lipinski definition) is 1. The first-order valence-corrected chi connectivity index (χ1v) is 7.40. The first kappa shape index (κ1) is 12.1. The molecule has 6 heteroatoms. The Morgan fingerprint density at radius 3 is 3.00 bits per heavy atom. The van der Waals surface area contributed by atoms with E-state index in [4.69, 9.17) is 4.98 Å². The van der Waals surface area contributed by atoms with E-state index in [0.29, 0.717) is 6.04 Å². The summed E-state index contributed by atoms with van der Waals surface area (Å²) in [6, 6.07) is 6.77. The van der Waals surface area contributed by atoms with E-state index < -0.39 is 0 Å². The van der Waals surface area contributed by atoms with Gasteiger partial charge in [0.1, 0.15) is 0 Å². The van der Waals surface area contributed by atoms with Gasteiger partial charge in [-0.05, 0) is 41.2 Å². The molecule has 3 aromatic rings. The van der Waals surface area contributed by atoms with Crippen molar-refractivity contribution in [3.63, 3.8) is 0 Å². The number of anilines is 1. The maximum Gasteiger partial charge on any atom is 0.178 e. The first-order chi connectivity index (χ1) is 9.76. The van der Waals surface area contributed by atoms with Crippen molar-refractivity contribution in [3.8, 4) is 0 Å². The van der Waals surface area contributed by atoms with Crippen LogP contribution in [0.15, 0.2) is 35.1 Å². The maximum absolute atomic E-state index is 4.75. The second kappa shape index (κ2) is 4.43. The molecule has 4 rings (SSSR count). The molecule has 0 saturated carbocycles. The predicted octanol–water partition coefficient (Wildman–Crippen LogP) is 2.05. The van der Waals surface area contributed by atoms with Crippen molar-refractivity contribution >= 4 is 38.4 Å². The van der Waals surface area contributed by atoms with Crippen LogP contribution in [0.4, 0.5) is 5.82 Å². The van der Waals surface area contributed by atoms with Gasteiger partial charge in [0.2, 0.25) is 0 Å². The molecule has 1 fully saturated rings. The monoisotopic (exact) mass is 331 g/mol. The van der Waals surface area contributed by atoms with Gasteiger partial charge in [-0.2, -0.15) is 0 Å². The lowest BCUT2D eigenvalue weighted by Gasteiger charge is -2.40. The molecule has 4 heterocycles. The molecule has 3 aromatic heterocycles. The molecule has 20 heavy (non-hydrogen) atoms. The summed E-state index contributed by atoms with van der Waals surface area (Å²) in [7, 11) is 2.00. The molecule has 1 saturated heterocycles. The van der Waals surface area contributed by atoms with Crippen LogP contribution in [0.5, 0.6) is 0 Å². The van der Waals surface area contributed by atoms with Gasteiger partial charge in [-0.25, -0.2) is 9.97 Å². The summed E-state index contributed by atoms with van der Waals surface area (Å²) < 4.78 is 3.12. The van der Waals surface area contributed by atoms with Gasteiger partial charge in [-0.3, -0.25) is 0 Å². The fourth-order valence-corrected chi connectivity index (χ4v) is 3.00. The van der Waals surface area contributed by atoms with E-state index in [1.165, 1.54) is 0 Å². The zero-order chi connectivity index (χ0) is 13.7. The van der Waals surface area contributed by atoms with Gasteiger partial charge in [0.25, 0.3) is 0 Å². The molecular formula is C14H14BrN5. The zero-order valence-electron chi connectivity index (χ0n) is 11.0. The molecule has 0 aliphatic carbocycles. The van der Waals surface area contributed by atoms with Crippen molar-refractivity contribution in [2.24, 2.45) is 0 Å². The average molecular weight is 332 g/mol. The number of aromatic nitrogens is 3. The van der Waals surface area contributed by atoms with E-state index in [2.05, 4.69) is 59.9 Å². The molecule has 1 aliphatic rings. The van der Waals surface area contributed by atoms with Crippen molar-refractivity contribution in [2.75, 3.05) is 25.0 Å². The Bertz CT molecular complexity index is 791. The van der Waals surface area contributed by atoms with Gasteiger partial charge >= 0.3 is 0 Å². The smallest absolute Gasteiger partial charge is 0.178 e. The third-order valence-electron chi connectivity index (χ3n) is 3.85. The second-order valence-corrected chi connectivity index (χ2v) is 6.00. The van der Waals surface area contributed by atoms with Crippen molar-refractivity contribution in [1.29, 1.82) is 0 Å². The van der Waals surface area contributed by atoms with Crippen LogP contribution >= 0.6 is 15.9 Å². The summed E-state index contributed by atoms with van der Waals surface area (Å²) >= 11 is 3.47. The predicted molar refractivity (Wildman–Crippen MR) is 83.3 cm³/mol. The molecule has 0 bridgehead atoms.